The van der Waals surface area contributed by atoms with E-state index in [1.165, 1.54) is 0 Å². The number of nitrogens with zero attached hydrogens (tertiary/aromatic N) is 1. The van der Waals surface area contributed by atoms with Gasteiger partial charge in [-0.25, -0.2) is 0 Å². The number of morpholine rings is 1. The molecule has 1 saturated heterocycles. The molecule has 3 nitrogen and oxygen atoms in total. The second kappa shape index (κ2) is 6.69. The summed E-state index contributed by atoms with van der Waals surface area (Å²) in [6.07, 6.45) is 3.65. The number of rotatable bonds is 3. The lowest BCUT2D eigenvalue weighted by atomic mass is 9.96. The fourth-order valence-electron chi connectivity index (χ4n) is 3.89. The van der Waals surface area contributed by atoms with Crippen LogP contribution in [0.1, 0.15) is 43.5 Å². The molecule has 120 valence electrons. The van der Waals surface area contributed by atoms with Gasteiger partial charge in [0.2, 0.25) is 0 Å². The minimum Gasteiger partial charge on any atom is -0.373 e. The molecule has 0 aromatic heterocycles. The van der Waals surface area contributed by atoms with Gasteiger partial charge in [0.15, 0.2) is 5.78 Å². The zero-order valence-electron chi connectivity index (χ0n) is 13.3. The van der Waals surface area contributed by atoms with Gasteiger partial charge in [-0.3, -0.25) is 9.69 Å². The van der Waals surface area contributed by atoms with Crippen molar-refractivity contribution >= 4 is 17.4 Å². The largest absolute Gasteiger partial charge is 0.373 e. The highest BCUT2D eigenvalue weighted by Crippen LogP contribution is 2.33. The Morgan fingerprint density at radius 1 is 1.14 bits per heavy atom. The van der Waals surface area contributed by atoms with E-state index in [0.29, 0.717) is 11.1 Å². The highest BCUT2D eigenvalue weighted by molar-refractivity contribution is 6.30. The Bertz CT molecular complexity index is 520. The maximum atomic E-state index is 12.6. The van der Waals surface area contributed by atoms with Crippen LogP contribution >= 0.6 is 11.6 Å². The molecule has 2 aliphatic rings. The molecule has 0 radical (unpaired) electrons. The monoisotopic (exact) mass is 321 g/mol. The standard InChI is InChI=1S/C18H24ClNO2/c1-12-10-20(11-13(2)22-12)17-8-5-15(9-17)18(21)14-3-6-16(19)7-4-14/h3-4,6-7,12-13,15,17H,5,8-11H2,1-2H3/t12-,13+,15?,17?. The van der Waals surface area contributed by atoms with Crippen LogP contribution in [-0.4, -0.2) is 42.0 Å². The first-order chi connectivity index (χ1) is 10.5. The number of halogens is 1. The van der Waals surface area contributed by atoms with Crippen molar-refractivity contribution < 1.29 is 9.53 Å². The van der Waals surface area contributed by atoms with E-state index in [-0.39, 0.29) is 23.9 Å². The molecule has 1 aromatic carbocycles. The van der Waals surface area contributed by atoms with Crippen LogP contribution in [0, 0.1) is 5.92 Å². The number of carbonyl (C=O) groups excluding carboxylic acids is 1. The molecule has 0 bridgehead atoms. The highest BCUT2D eigenvalue weighted by atomic mass is 35.5. The SMILES string of the molecule is C[C@@H]1CN(C2CCC(C(=O)c3ccc(Cl)cc3)C2)C[C@H](C)O1. The summed E-state index contributed by atoms with van der Waals surface area (Å²) in [6, 6.07) is 7.81. The molecule has 1 aromatic rings. The van der Waals surface area contributed by atoms with Crippen LogP contribution in [0.25, 0.3) is 0 Å². The first-order valence-electron chi connectivity index (χ1n) is 8.22. The Morgan fingerprint density at radius 3 is 2.41 bits per heavy atom. The molecule has 0 N–H and O–H groups in total. The summed E-state index contributed by atoms with van der Waals surface area (Å²) in [5.74, 6) is 0.424. The summed E-state index contributed by atoms with van der Waals surface area (Å²) in [6.45, 7) is 6.23. The molecule has 0 amide bonds. The van der Waals surface area contributed by atoms with Crippen LogP contribution in [-0.2, 0) is 4.74 Å². The van der Waals surface area contributed by atoms with Crippen LogP contribution in [0.3, 0.4) is 0 Å². The summed E-state index contributed by atoms with van der Waals surface area (Å²) in [4.78, 5) is 15.2. The molecule has 1 heterocycles. The van der Waals surface area contributed by atoms with Gasteiger partial charge in [0.1, 0.15) is 0 Å². The predicted octanol–water partition coefficient (Wildman–Crippen LogP) is 3.80. The fourth-order valence-corrected chi connectivity index (χ4v) is 4.02. The summed E-state index contributed by atoms with van der Waals surface area (Å²) in [5.41, 5.74) is 0.791. The first kappa shape index (κ1) is 16.0. The van der Waals surface area contributed by atoms with Crippen molar-refractivity contribution in [3.8, 4) is 0 Å². The third kappa shape index (κ3) is 3.53. The second-order valence-electron chi connectivity index (χ2n) is 6.75. The molecule has 1 saturated carbocycles. The molecule has 22 heavy (non-hydrogen) atoms. The van der Waals surface area contributed by atoms with E-state index < -0.39 is 0 Å². The zero-order valence-corrected chi connectivity index (χ0v) is 14.1. The van der Waals surface area contributed by atoms with E-state index in [0.717, 1.165) is 37.9 Å². The number of Topliss-reactive ketones (excluding diaryl/α,β-unsaturated/α-hetero) is 1. The Balaban J connectivity index is 1.62. The van der Waals surface area contributed by atoms with Crippen LogP contribution in [0.4, 0.5) is 0 Å². The van der Waals surface area contributed by atoms with Gasteiger partial charge in [-0.1, -0.05) is 11.6 Å². The van der Waals surface area contributed by atoms with Crippen LogP contribution in [0.15, 0.2) is 24.3 Å². The van der Waals surface area contributed by atoms with Crippen molar-refractivity contribution in [3.63, 3.8) is 0 Å². The summed E-state index contributed by atoms with van der Waals surface area (Å²) in [7, 11) is 0. The second-order valence-corrected chi connectivity index (χ2v) is 7.18. The lowest BCUT2D eigenvalue weighted by Gasteiger charge is -2.39. The molecular formula is C18H24ClNO2. The van der Waals surface area contributed by atoms with Crippen molar-refractivity contribution in [1.82, 2.24) is 4.90 Å². The number of ketones is 1. The molecule has 1 aliphatic heterocycles. The van der Waals surface area contributed by atoms with Crippen molar-refractivity contribution in [2.24, 2.45) is 5.92 Å². The van der Waals surface area contributed by atoms with Gasteiger partial charge in [-0.05, 0) is 57.4 Å². The van der Waals surface area contributed by atoms with Crippen molar-refractivity contribution in [2.45, 2.75) is 51.4 Å². The summed E-state index contributed by atoms with van der Waals surface area (Å²) in [5, 5.41) is 0.678. The Labute approximate surface area is 137 Å². The van der Waals surface area contributed by atoms with E-state index in [4.69, 9.17) is 16.3 Å². The number of ether oxygens (including phenoxy) is 1. The van der Waals surface area contributed by atoms with Crippen molar-refractivity contribution in [3.05, 3.63) is 34.9 Å². The van der Waals surface area contributed by atoms with Gasteiger partial charge in [0.05, 0.1) is 12.2 Å². The number of benzene rings is 1. The van der Waals surface area contributed by atoms with Crippen LogP contribution in [0.5, 0.6) is 0 Å². The molecule has 3 rings (SSSR count). The lowest BCUT2D eigenvalue weighted by Crippen LogP contribution is -2.49. The number of carbonyl (C=O) groups is 1. The quantitative estimate of drug-likeness (QED) is 0.793. The fraction of sp³-hybridized carbons (Fsp3) is 0.611. The molecule has 1 aliphatic carbocycles. The van der Waals surface area contributed by atoms with Crippen LogP contribution in [0.2, 0.25) is 5.02 Å². The average molecular weight is 322 g/mol. The summed E-state index contributed by atoms with van der Waals surface area (Å²) >= 11 is 5.90. The molecular weight excluding hydrogens is 298 g/mol. The molecule has 4 heteroatoms. The van der Waals surface area contributed by atoms with E-state index in [2.05, 4.69) is 18.7 Å². The normalized spacial score (nSPS) is 33.0. The van der Waals surface area contributed by atoms with E-state index in [1.54, 1.807) is 12.1 Å². The topological polar surface area (TPSA) is 29.5 Å². The Hall–Kier alpha value is -0.900. The minimum absolute atomic E-state index is 0.152. The lowest BCUT2D eigenvalue weighted by molar-refractivity contribution is -0.0797. The molecule has 4 atom stereocenters. The maximum Gasteiger partial charge on any atom is 0.166 e. The van der Waals surface area contributed by atoms with Crippen molar-refractivity contribution in [2.75, 3.05) is 13.1 Å². The van der Waals surface area contributed by atoms with Crippen molar-refractivity contribution in [1.29, 1.82) is 0 Å². The average Bonchev–Trinajstić information content (AvgIpc) is 2.96. The Kier molecular flexibility index (Phi) is 4.86. The molecule has 2 fully saturated rings. The summed E-state index contributed by atoms with van der Waals surface area (Å²) < 4.78 is 5.81. The number of hydrogen-bond acceptors (Lipinski definition) is 3. The highest BCUT2D eigenvalue weighted by Gasteiger charge is 2.36. The van der Waals surface area contributed by atoms with Gasteiger partial charge < -0.3 is 4.74 Å². The third-order valence-electron chi connectivity index (χ3n) is 4.87. The molecule has 0 spiro atoms. The Morgan fingerprint density at radius 2 is 1.77 bits per heavy atom. The zero-order chi connectivity index (χ0) is 15.7. The maximum absolute atomic E-state index is 12.6. The predicted molar refractivity (Wildman–Crippen MR) is 88.5 cm³/mol. The van der Waals surface area contributed by atoms with Gasteiger partial charge in [0, 0.05) is 35.6 Å². The smallest absolute Gasteiger partial charge is 0.166 e. The number of hydrogen-bond donors (Lipinski definition) is 0. The van der Waals surface area contributed by atoms with E-state index in [1.807, 2.05) is 12.1 Å². The van der Waals surface area contributed by atoms with Gasteiger partial charge in [-0.15, -0.1) is 0 Å². The first-order valence-corrected chi connectivity index (χ1v) is 8.60. The van der Waals surface area contributed by atoms with Gasteiger partial charge in [-0.2, -0.15) is 0 Å². The molecule has 2 unspecified atom stereocenters. The minimum atomic E-state index is 0.152. The van der Waals surface area contributed by atoms with Gasteiger partial charge in [0.25, 0.3) is 0 Å². The third-order valence-corrected chi connectivity index (χ3v) is 5.12. The van der Waals surface area contributed by atoms with Crippen LogP contribution < -0.4 is 0 Å². The van der Waals surface area contributed by atoms with Gasteiger partial charge >= 0.3 is 0 Å². The van der Waals surface area contributed by atoms with E-state index in [9.17, 15) is 4.79 Å². The van der Waals surface area contributed by atoms with E-state index >= 15 is 0 Å².